The summed E-state index contributed by atoms with van der Waals surface area (Å²) in [5.41, 5.74) is 0.501. The minimum Gasteiger partial charge on any atom is -0.452 e. The Morgan fingerprint density at radius 2 is 2.06 bits per heavy atom. The molecule has 1 aliphatic carbocycles. The van der Waals surface area contributed by atoms with Gasteiger partial charge in [0.05, 0.1) is 11.0 Å². The first-order chi connectivity index (χ1) is 7.59. The van der Waals surface area contributed by atoms with Crippen molar-refractivity contribution in [3.63, 3.8) is 0 Å². The van der Waals surface area contributed by atoms with Crippen LogP contribution >= 0.6 is 31.9 Å². The van der Waals surface area contributed by atoms with Gasteiger partial charge >= 0.3 is 0 Å². The molecular formula is C12H17Br2NO. The summed E-state index contributed by atoms with van der Waals surface area (Å²) in [7, 11) is 0. The minimum absolute atomic E-state index is 0.501. The molecule has 1 aliphatic rings. The van der Waals surface area contributed by atoms with Crippen LogP contribution in [-0.2, 0) is 6.54 Å². The van der Waals surface area contributed by atoms with Gasteiger partial charge in [0, 0.05) is 6.54 Å². The number of rotatable bonds is 4. The molecule has 90 valence electrons. The average molecular weight is 351 g/mol. The SMILES string of the molecule is CC1(CNCc2cc(Br)c(Br)o2)CCCC1. The maximum Gasteiger partial charge on any atom is 0.183 e. The molecule has 2 rings (SSSR count). The van der Waals surface area contributed by atoms with Crippen LogP contribution in [-0.4, -0.2) is 6.54 Å². The largest absolute Gasteiger partial charge is 0.452 e. The third-order valence-corrected chi connectivity index (χ3v) is 5.07. The van der Waals surface area contributed by atoms with Crippen LogP contribution in [0, 0.1) is 5.41 Å². The maximum absolute atomic E-state index is 5.52. The zero-order valence-electron chi connectivity index (χ0n) is 9.48. The van der Waals surface area contributed by atoms with Gasteiger partial charge < -0.3 is 9.73 Å². The lowest BCUT2D eigenvalue weighted by atomic mass is 9.89. The van der Waals surface area contributed by atoms with Gasteiger partial charge in [-0.25, -0.2) is 0 Å². The standard InChI is InChI=1S/C12H17Br2NO/c1-12(4-2-3-5-12)8-15-7-9-6-10(13)11(14)16-9/h6,15H,2-5,7-8H2,1H3. The van der Waals surface area contributed by atoms with E-state index in [-0.39, 0.29) is 0 Å². The number of halogens is 2. The first-order valence-corrected chi connectivity index (χ1v) is 7.32. The van der Waals surface area contributed by atoms with Gasteiger partial charge in [0.1, 0.15) is 5.76 Å². The van der Waals surface area contributed by atoms with Crippen LogP contribution in [0.25, 0.3) is 0 Å². The van der Waals surface area contributed by atoms with Gasteiger partial charge in [0.15, 0.2) is 4.67 Å². The number of furan rings is 1. The second-order valence-electron chi connectivity index (χ2n) is 4.96. The highest BCUT2D eigenvalue weighted by atomic mass is 79.9. The quantitative estimate of drug-likeness (QED) is 0.866. The number of hydrogen-bond donors (Lipinski definition) is 1. The summed E-state index contributed by atoms with van der Waals surface area (Å²) in [6, 6.07) is 2.01. The highest BCUT2D eigenvalue weighted by Crippen LogP contribution is 2.36. The van der Waals surface area contributed by atoms with E-state index in [0.29, 0.717) is 5.41 Å². The summed E-state index contributed by atoms with van der Waals surface area (Å²) in [5, 5.41) is 3.49. The summed E-state index contributed by atoms with van der Waals surface area (Å²) in [5.74, 6) is 0.973. The Bertz CT molecular complexity index is 336. The first kappa shape index (κ1) is 12.7. The van der Waals surface area contributed by atoms with Gasteiger partial charge in [-0.1, -0.05) is 19.8 Å². The van der Waals surface area contributed by atoms with Crippen molar-refractivity contribution in [2.45, 2.75) is 39.2 Å². The van der Waals surface area contributed by atoms with Gasteiger partial charge in [-0.2, -0.15) is 0 Å². The molecule has 16 heavy (non-hydrogen) atoms. The fourth-order valence-electron chi connectivity index (χ4n) is 2.37. The van der Waals surface area contributed by atoms with Crippen molar-refractivity contribution in [1.82, 2.24) is 5.32 Å². The van der Waals surface area contributed by atoms with Crippen molar-refractivity contribution in [3.8, 4) is 0 Å². The summed E-state index contributed by atoms with van der Waals surface area (Å²) in [6.45, 7) is 4.27. The molecule has 1 heterocycles. The van der Waals surface area contributed by atoms with E-state index in [4.69, 9.17) is 4.42 Å². The molecule has 0 bridgehead atoms. The lowest BCUT2D eigenvalue weighted by molar-refractivity contribution is 0.308. The topological polar surface area (TPSA) is 25.2 Å². The molecule has 1 N–H and O–H groups in total. The minimum atomic E-state index is 0.501. The zero-order chi connectivity index (χ0) is 11.6. The molecule has 4 heteroatoms. The fourth-order valence-corrected chi connectivity index (χ4v) is 3.03. The fraction of sp³-hybridized carbons (Fsp3) is 0.667. The van der Waals surface area contributed by atoms with E-state index in [1.807, 2.05) is 6.07 Å². The van der Waals surface area contributed by atoms with Gasteiger partial charge in [-0.15, -0.1) is 0 Å². The van der Waals surface area contributed by atoms with E-state index >= 15 is 0 Å². The van der Waals surface area contributed by atoms with Crippen molar-refractivity contribution >= 4 is 31.9 Å². The third kappa shape index (κ3) is 3.11. The molecule has 0 radical (unpaired) electrons. The Hall–Kier alpha value is 0.200. The van der Waals surface area contributed by atoms with Gasteiger partial charge in [0.25, 0.3) is 0 Å². The molecule has 0 atom stereocenters. The van der Waals surface area contributed by atoms with E-state index in [0.717, 1.165) is 28.0 Å². The van der Waals surface area contributed by atoms with Gasteiger partial charge in [-0.05, 0) is 56.2 Å². The second kappa shape index (κ2) is 5.23. The number of nitrogens with one attached hydrogen (secondary N) is 1. The Morgan fingerprint density at radius 1 is 1.38 bits per heavy atom. The molecule has 0 saturated heterocycles. The monoisotopic (exact) mass is 349 g/mol. The van der Waals surface area contributed by atoms with Crippen LogP contribution in [0.1, 0.15) is 38.4 Å². The zero-order valence-corrected chi connectivity index (χ0v) is 12.7. The van der Waals surface area contributed by atoms with Crippen molar-refractivity contribution in [1.29, 1.82) is 0 Å². The normalized spacial score (nSPS) is 19.2. The molecule has 1 fully saturated rings. The van der Waals surface area contributed by atoms with E-state index in [2.05, 4.69) is 44.1 Å². The molecule has 0 unspecified atom stereocenters. The smallest absolute Gasteiger partial charge is 0.183 e. The Balaban J connectivity index is 1.79. The van der Waals surface area contributed by atoms with Crippen LogP contribution in [0.2, 0.25) is 0 Å². The van der Waals surface area contributed by atoms with Crippen LogP contribution in [0.4, 0.5) is 0 Å². The van der Waals surface area contributed by atoms with E-state index in [1.54, 1.807) is 0 Å². The lowest BCUT2D eigenvalue weighted by Gasteiger charge is -2.23. The Morgan fingerprint density at radius 3 is 2.62 bits per heavy atom. The van der Waals surface area contributed by atoms with Gasteiger partial charge in [-0.3, -0.25) is 0 Å². The molecular weight excluding hydrogens is 334 g/mol. The van der Waals surface area contributed by atoms with E-state index in [1.165, 1.54) is 25.7 Å². The predicted octanol–water partition coefficient (Wildman–Crippen LogP) is 4.47. The average Bonchev–Trinajstić information content (AvgIpc) is 2.76. The summed E-state index contributed by atoms with van der Waals surface area (Å²) < 4.78 is 7.28. The van der Waals surface area contributed by atoms with Crippen molar-refractivity contribution in [2.75, 3.05) is 6.54 Å². The summed E-state index contributed by atoms with van der Waals surface area (Å²) in [6.07, 6.45) is 5.48. The molecule has 0 spiro atoms. The predicted molar refractivity (Wildman–Crippen MR) is 72.4 cm³/mol. The van der Waals surface area contributed by atoms with Crippen LogP contribution in [0.15, 0.2) is 19.6 Å². The highest BCUT2D eigenvalue weighted by Gasteiger charge is 2.27. The highest BCUT2D eigenvalue weighted by molar-refractivity contribution is 9.13. The Labute approximate surface area is 113 Å². The van der Waals surface area contributed by atoms with Crippen molar-refractivity contribution in [2.24, 2.45) is 5.41 Å². The lowest BCUT2D eigenvalue weighted by Crippen LogP contribution is -2.28. The van der Waals surface area contributed by atoms with Gasteiger partial charge in [0.2, 0.25) is 0 Å². The summed E-state index contributed by atoms with van der Waals surface area (Å²) in [4.78, 5) is 0. The second-order valence-corrected chi connectivity index (χ2v) is 6.53. The van der Waals surface area contributed by atoms with Crippen LogP contribution in [0.5, 0.6) is 0 Å². The molecule has 1 aromatic heterocycles. The summed E-state index contributed by atoms with van der Waals surface area (Å²) >= 11 is 6.76. The van der Waals surface area contributed by atoms with Crippen molar-refractivity contribution in [3.05, 3.63) is 21.0 Å². The molecule has 1 aromatic rings. The first-order valence-electron chi connectivity index (χ1n) is 5.73. The van der Waals surface area contributed by atoms with Crippen LogP contribution < -0.4 is 5.32 Å². The maximum atomic E-state index is 5.52. The van der Waals surface area contributed by atoms with Crippen molar-refractivity contribution < 1.29 is 4.42 Å². The van der Waals surface area contributed by atoms with E-state index < -0.39 is 0 Å². The molecule has 2 nitrogen and oxygen atoms in total. The molecule has 1 saturated carbocycles. The van der Waals surface area contributed by atoms with E-state index in [9.17, 15) is 0 Å². The molecule has 0 aliphatic heterocycles. The molecule has 0 aromatic carbocycles. The van der Waals surface area contributed by atoms with Crippen LogP contribution in [0.3, 0.4) is 0 Å². The third-order valence-electron chi connectivity index (χ3n) is 3.36. The number of hydrogen-bond acceptors (Lipinski definition) is 2. The Kier molecular flexibility index (Phi) is 4.14. The molecule has 0 amide bonds.